The average molecular weight is 367 g/mol. The molecule has 0 radical (unpaired) electrons. The lowest BCUT2D eigenvalue weighted by atomic mass is 10.2. The Labute approximate surface area is 156 Å². The molecule has 27 heavy (non-hydrogen) atoms. The molecule has 0 aliphatic heterocycles. The second-order valence-electron chi connectivity index (χ2n) is 6.30. The van der Waals surface area contributed by atoms with E-state index in [1.807, 2.05) is 36.6 Å². The zero-order valence-electron chi connectivity index (χ0n) is 15.7. The van der Waals surface area contributed by atoms with Crippen LogP contribution in [-0.4, -0.2) is 50.1 Å². The van der Waals surface area contributed by atoms with Gasteiger partial charge < -0.3 is 19.1 Å². The number of hydrogen-bond donors (Lipinski definition) is 1. The molecule has 4 aromatic rings. The van der Waals surface area contributed by atoms with Gasteiger partial charge in [-0.2, -0.15) is 0 Å². The van der Waals surface area contributed by atoms with E-state index >= 15 is 0 Å². The van der Waals surface area contributed by atoms with Crippen LogP contribution in [0.4, 0.5) is 0 Å². The lowest BCUT2D eigenvalue weighted by Gasteiger charge is -2.07. The normalized spacial score (nSPS) is 11.4. The van der Waals surface area contributed by atoms with Gasteiger partial charge in [0.25, 0.3) is 0 Å². The molecule has 8 nitrogen and oxygen atoms in total. The Morgan fingerprint density at radius 2 is 1.85 bits per heavy atom. The van der Waals surface area contributed by atoms with Gasteiger partial charge in [0, 0.05) is 17.8 Å². The number of hydrogen-bond acceptors (Lipinski definition) is 6. The lowest BCUT2D eigenvalue weighted by Crippen LogP contribution is -2.05. The molecule has 1 aromatic carbocycles. The van der Waals surface area contributed by atoms with E-state index in [1.54, 1.807) is 25.1 Å². The van der Waals surface area contributed by atoms with Crippen LogP contribution in [0.5, 0.6) is 11.5 Å². The second kappa shape index (κ2) is 6.55. The molecular formula is C19H21N5O3. The maximum absolute atomic E-state index is 9.37. The van der Waals surface area contributed by atoms with Crippen molar-refractivity contribution in [3.05, 3.63) is 35.8 Å². The van der Waals surface area contributed by atoms with Gasteiger partial charge in [0.05, 0.1) is 26.2 Å². The van der Waals surface area contributed by atoms with Crippen molar-refractivity contribution < 1.29 is 14.6 Å². The number of aliphatic hydroxyl groups is 1. The number of methoxy groups -OCH3 is 2. The standard InChI is InChI=1S/C19H21N5O3/c1-11-12(2)23(7-8-25)18-16(11)19-21-17(22-24(19)10-20-18)13-5-6-14(26-3)15(9-13)27-4/h5-6,9-10,25H,7-8H2,1-4H3. The van der Waals surface area contributed by atoms with Crippen molar-refractivity contribution in [2.45, 2.75) is 20.4 Å². The number of aliphatic hydroxyl groups excluding tert-OH is 1. The largest absolute Gasteiger partial charge is 0.493 e. The van der Waals surface area contributed by atoms with Gasteiger partial charge in [0.1, 0.15) is 12.0 Å². The van der Waals surface area contributed by atoms with Gasteiger partial charge in [-0.15, -0.1) is 5.10 Å². The SMILES string of the molecule is COc1ccc(-c2nc3c4c(C)c(C)n(CCO)c4ncn3n2)cc1OC. The molecule has 0 saturated heterocycles. The van der Waals surface area contributed by atoms with Gasteiger partial charge >= 0.3 is 0 Å². The van der Waals surface area contributed by atoms with Gasteiger partial charge in [-0.3, -0.25) is 0 Å². The lowest BCUT2D eigenvalue weighted by molar-refractivity contribution is 0.276. The van der Waals surface area contributed by atoms with Gasteiger partial charge in [-0.05, 0) is 37.6 Å². The van der Waals surface area contributed by atoms with Crippen molar-refractivity contribution in [1.29, 1.82) is 0 Å². The fraction of sp³-hybridized carbons (Fsp3) is 0.316. The van der Waals surface area contributed by atoms with Crippen molar-refractivity contribution in [2.24, 2.45) is 0 Å². The Hall–Kier alpha value is -3.13. The van der Waals surface area contributed by atoms with Gasteiger partial charge in [-0.1, -0.05) is 0 Å². The first kappa shape index (κ1) is 17.3. The minimum Gasteiger partial charge on any atom is -0.493 e. The van der Waals surface area contributed by atoms with E-state index in [-0.39, 0.29) is 6.61 Å². The summed E-state index contributed by atoms with van der Waals surface area (Å²) >= 11 is 0. The van der Waals surface area contributed by atoms with Gasteiger partial charge in [0.15, 0.2) is 23.0 Å². The van der Waals surface area contributed by atoms with Crippen LogP contribution in [0.2, 0.25) is 0 Å². The molecule has 0 amide bonds. The maximum Gasteiger partial charge on any atom is 0.182 e. The minimum absolute atomic E-state index is 0.0561. The Morgan fingerprint density at radius 1 is 1.07 bits per heavy atom. The van der Waals surface area contributed by atoms with Crippen molar-refractivity contribution in [2.75, 3.05) is 20.8 Å². The summed E-state index contributed by atoms with van der Waals surface area (Å²) in [7, 11) is 3.20. The third-order valence-electron chi connectivity index (χ3n) is 4.91. The van der Waals surface area contributed by atoms with Crippen LogP contribution in [0.15, 0.2) is 24.5 Å². The first-order chi connectivity index (χ1) is 13.1. The zero-order chi connectivity index (χ0) is 19.1. The maximum atomic E-state index is 9.37. The van der Waals surface area contributed by atoms with E-state index in [4.69, 9.17) is 14.5 Å². The van der Waals surface area contributed by atoms with E-state index in [2.05, 4.69) is 10.1 Å². The predicted molar refractivity (Wildman–Crippen MR) is 101 cm³/mol. The third-order valence-corrected chi connectivity index (χ3v) is 4.91. The topological polar surface area (TPSA) is 86.7 Å². The Morgan fingerprint density at radius 3 is 2.56 bits per heavy atom. The number of nitrogens with zero attached hydrogens (tertiary/aromatic N) is 5. The molecule has 0 spiro atoms. The molecule has 0 saturated carbocycles. The van der Waals surface area contributed by atoms with Crippen molar-refractivity contribution in [3.8, 4) is 22.9 Å². The highest BCUT2D eigenvalue weighted by molar-refractivity contribution is 5.94. The molecule has 1 N–H and O–H groups in total. The molecule has 0 bridgehead atoms. The van der Waals surface area contributed by atoms with Crippen molar-refractivity contribution >= 4 is 16.7 Å². The highest BCUT2D eigenvalue weighted by Gasteiger charge is 2.18. The van der Waals surface area contributed by atoms with Crippen LogP contribution in [0.3, 0.4) is 0 Å². The number of aromatic nitrogens is 5. The molecular weight excluding hydrogens is 346 g/mol. The minimum atomic E-state index is 0.0561. The number of aryl methyl sites for hydroxylation is 1. The molecule has 140 valence electrons. The molecule has 8 heteroatoms. The monoisotopic (exact) mass is 367 g/mol. The van der Waals surface area contributed by atoms with Crippen LogP contribution >= 0.6 is 0 Å². The fourth-order valence-electron chi connectivity index (χ4n) is 3.40. The van der Waals surface area contributed by atoms with E-state index in [0.717, 1.165) is 33.5 Å². The van der Waals surface area contributed by atoms with E-state index in [9.17, 15) is 5.11 Å². The molecule has 0 fully saturated rings. The number of rotatable bonds is 5. The summed E-state index contributed by atoms with van der Waals surface area (Å²) in [5, 5.41) is 14.9. The first-order valence-corrected chi connectivity index (χ1v) is 8.63. The average Bonchev–Trinajstić information content (AvgIpc) is 3.22. The molecule has 3 heterocycles. The van der Waals surface area contributed by atoms with Crippen LogP contribution in [0, 0.1) is 13.8 Å². The number of fused-ring (bicyclic) bond motifs is 3. The molecule has 0 aliphatic carbocycles. The van der Waals surface area contributed by atoms with Crippen LogP contribution in [0.1, 0.15) is 11.3 Å². The molecule has 0 aliphatic rings. The van der Waals surface area contributed by atoms with Crippen molar-refractivity contribution in [3.63, 3.8) is 0 Å². The zero-order valence-corrected chi connectivity index (χ0v) is 15.7. The summed E-state index contributed by atoms with van der Waals surface area (Å²) < 4.78 is 14.4. The summed E-state index contributed by atoms with van der Waals surface area (Å²) in [4.78, 5) is 9.30. The summed E-state index contributed by atoms with van der Waals surface area (Å²) in [6, 6.07) is 5.59. The Kier molecular flexibility index (Phi) is 4.19. The van der Waals surface area contributed by atoms with E-state index in [0.29, 0.717) is 23.9 Å². The molecule has 0 atom stereocenters. The molecule has 0 unspecified atom stereocenters. The summed E-state index contributed by atoms with van der Waals surface area (Å²) in [5.74, 6) is 1.86. The Balaban J connectivity index is 1.93. The van der Waals surface area contributed by atoms with Crippen molar-refractivity contribution in [1.82, 2.24) is 24.1 Å². The van der Waals surface area contributed by atoms with Crippen LogP contribution in [0.25, 0.3) is 28.1 Å². The smallest absolute Gasteiger partial charge is 0.182 e. The first-order valence-electron chi connectivity index (χ1n) is 8.63. The summed E-state index contributed by atoms with van der Waals surface area (Å²) in [5.41, 5.74) is 4.52. The molecule has 3 aromatic heterocycles. The van der Waals surface area contributed by atoms with E-state index < -0.39 is 0 Å². The van der Waals surface area contributed by atoms with Crippen LogP contribution in [-0.2, 0) is 6.54 Å². The van der Waals surface area contributed by atoms with E-state index in [1.165, 1.54) is 0 Å². The van der Waals surface area contributed by atoms with Gasteiger partial charge in [-0.25, -0.2) is 14.5 Å². The van der Waals surface area contributed by atoms with Crippen LogP contribution < -0.4 is 9.47 Å². The quantitative estimate of drug-likeness (QED) is 0.583. The number of benzene rings is 1. The summed E-state index contributed by atoms with van der Waals surface area (Å²) in [6.45, 7) is 4.61. The summed E-state index contributed by atoms with van der Waals surface area (Å²) in [6.07, 6.45) is 1.65. The Bertz CT molecular complexity index is 1150. The molecule has 4 rings (SSSR count). The van der Waals surface area contributed by atoms with Gasteiger partial charge in [0.2, 0.25) is 0 Å². The number of ether oxygens (including phenoxy) is 2. The predicted octanol–water partition coefficient (Wildman–Crippen LogP) is 2.37. The third kappa shape index (κ3) is 2.60. The highest BCUT2D eigenvalue weighted by Crippen LogP contribution is 2.32. The highest BCUT2D eigenvalue weighted by atomic mass is 16.5. The second-order valence-corrected chi connectivity index (χ2v) is 6.30. The fourth-order valence-corrected chi connectivity index (χ4v) is 3.40.